The monoisotopic (exact) mass is 265 g/mol. The van der Waals surface area contributed by atoms with Crippen LogP contribution >= 0.6 is 12.4 Å². The largest absolute Gasteiger partial charge is 0.416 e. The molecule has 1 aromatic carbocycles. The number of alkyl halides is 3. The van der Waals surface area contributed by atoms with Gasteiger partial charge in [-0.05, 0) is 31.0 Å². The molecular weight excluding hydrogens is 251 g/mol. The molecule has 0 radical (unpaired) electrons. The summed E-state index contributed by atoms with van der Waals surface area (Å²) in [5, 5.41) is 3.15. The van der Waals surface area contributed by atoms with Crippen LogP contribution in [0.25, 0.3) is 0 Å². The van der Waals surface area contributed by atoms with Crippen molar-refractivity contribution in [1.29, 1.82) is 0 Å². The lowest BCUT2D eigenvalue weighted by molar-refractivity contribution is -0.138. The van der Waals surface area contributed by atoms with Gasteiger partial charge in [-0.15, -0.1) is 12.4 Å². The second kappa shape index (κ2) is 5.74. The van der Waals surface area contributed by atoms with Crippen LogP contribution < -0.4 is 5.32 Å². The van der Waals surface area contributed by atoms with Gasteiger partial charge in [0.2, 0.25) is 0 Å². The van der Waals surface area contributed by atoms with Gasteiger partial charge in [0.25, 0.3) is 0 Å². The van der Waals surface area contributed by atoms with E-state index in [4.69, 9.17) is 0 Å². The predicted molar refractivity (Wildman–Crippen MR) is 63.3 cm³/mol. The number of piperidine rings is 1. The van der Waals surface area contributed by atoms with Crippen LogP contribution in [0, 0.1) is 0 Å². The van der Waals surface area contributed by atoms with Crippen molar-refractivity contribution in [1.82, 2.24) is 5.32 Å². The SMILES string of the molecule is Cl.FC(F)(F)c1ccccc1[C@H]1CCCCN1. The molecule has 1 aliphatic rings. The predicted octanol–water partition coefficient (Wildman–Crippen LogP) is 3.94. The summed E-state index contributed by atoms with van der Waals surface area (Å²) in [5.41, 5.74) is -0.121. The molecule has 2 rings (SSSR count). The summed E-state index contributed by atoms with van der Waals surface area (Å²) in [6.45, 7) is 0.802. The maximum absolute atomic E-state index is 12.8. The van der Waals surface area contributed by atoms with E-state index in [1.165, 1.54) is 6.07 Å². The molecule has 96 valence electrons. The molecule has 0 aromatic heterocycles. The van der Waals surface area contributed by atoms with E-state index in [0.717, 1.165) is 31.9 Å². The molecule has 1 aromatic rings. The smallest absolute Gasteiger partial charge is 0.310 e. The average molecular weight is 266 g/mol. The van der Waals surface area contributed by atoms with E-state index in [9.17, 15) is 13.2 Å². The third-order valence-electron chi connectivity index (χ3n) is 2.95. The first-order chi connectivity index (χ1) is 7.59. The lowest BCUT2D eigenvalue weighted by atomic mass is 9.93. The normalized spacial score (nSPS) is 20.8. The van der Waals surface area contributed by atoms with Gasteiger partial charge in [0.05, 0.1) is 5.56 Å². The number of nitrogens with one attached hydrogen (secondary N) is 1. The molecule has 1 nitrogen and oxygen atoms in total. The second-order valence-corrected chi connectivity index (χ2v) is 4.09. The molecule has 1 fully saturated rings. The second-order valence-electron chi connectivity index (χ2n) is 4.09. The van der Waals surface area contributed by atoms with E-state index >= 15 is 0 Å². The number of hydrogen-bond acceptors (Lipinski definition) is 1. The van der Waals surface area contributed by atoms with Crippen LogP contribution in [0.4, 0.5) is 13.2 Å². The zero-order chi connectivity index (χ0) is 11.6. The highest BCUT2D eigenvalue weighted by Crippen LogP contribution is 2.36. The van der Waals surface area contributed by atoms with E-state index in [2.05, 4.69) is 5.32 Å². The highest BCUT2D eigenvalue weighted by atomic mass is 35.5. The van der Waals surface area contributed by atoms with Gasteiger partial charge in [-0.3, -0.25) is 0 Å². The van der Waals surface area contributed by atoms with Gasteiger partial charge in [0.15, 0.2) is 0 Å². The lowest BCUT2D eigenvalue weighted by Gasteiger charge is -2.26. The fourth-order valence-electron chi connectivity index (χ4n) is 2.18. The van der Waals surface area contributed by atoms with Crippen LogP contribution in [0.15, 0.2) is 24.3 Å². The van der Waals surface area contributed by atoms with E-state index in [1.807, 2.05) is 0 Å². The van der Waals surface area contributed by atoms with E-state index in [1.54, 1.807) is 12.1 Å². The zero-order valence-electron chi connectivity index (χ0n) is 9.26. The van der Waals surface area contributed by atoms with Crippen LogP contribution in [-0.4, -0.2) is 6.54 Å². The molecule has 0 amide bonds. The Morgan fingerprint density at radius 2 is 1.82 bits per heavy atom. The molecule has 0 spiro atoms. The Morgan fingerprint density at radius 1 is 1.12 bits per heavy atom. The standard InChI is InChI=1S/C12H14F3N.ClH/c13-12(14,15)10-6-2-1-5-9(10)11-7-3-4-8-16-11;/h1-2,5-6,11,16H,3-4,7-8H2;1H/t11-;/m1./s1. The maximum atomic E-state index is 12.8. The van der Waals surface area contributed by atoms with Gasteiger partial charge >= 0.3 is 6.18 Å². The number of hydrogen-bond donors (Lipinski definition) is 1. The zero-order valence-corrected chi connectivity index (χ0v) is 10.1. The minimum absolute atomic E-state index is 0. The van der Waals surface area contributed by atoms with Gasteiger partial charge in [-0.25, -0.2) is 0 Å². The van der Waals surface area contributed by atoms with Gasteiger partial charge < -0.3 is 5.32 Å². The molecule has 1 saturated heterocycles. The molecule has 1 aliphatic heterocycles. The fourth-order valence-corrected chi connectivity index (χ4v) is 2.18. The van der Waals surface area contributed by atoms with Crippen LogP contribution in [0.1, 0.15) is 36.4 Å². The first-order valence-electron chi connectivity index (χ1n) is 5.48. The quantitative estimate of drug-likeness (QED) is 0.811. The van der Waals surface area contributed by atoms with Crippen molar-refractivity contribution < 1.29 is 13.2 Å². The Labute approximate surface area is 105 Å². The molecule has 1 N–H and O–H groups in total. The first-order valence-corrected chi connectivity index (χ1v) is 5.48. The van der Waals surface area contributed by atoms with Gasteiger partial charge in [0, 0.05) is 6.04 Å². The van der Waals surface area contributed by atoms with Crippen LogP contribution in [0.3, 0.4) is 0 Å². The molecule has 1 heterocycles. The summed E-state index contributed by atoms with van der Waals surface area (Å²) >= 11 is 0. The molecule has 0 unspecified atom stereocenters. The van der Waals surface area contributed by atoms with Crippen molar-refractivity contribution in [3.05, 3.63) is 35.4 Å². The van der Waals surface area contributed by atoms with Crippen molar-refractivity contribution in [2.45, 2.75) is 31.5 Å². The Balaban J connectivity index is 0.00000144. The Morgan fingerprint density at radius 3 is 2.41 bits per heavy atom. The lowest BCUT2D eigenvalue weighted by Crippen LogP contribution is -2.28. The van der Waals surface area contributed by atoms with Crippen LogP contribution in [0.5, 0.6) is 0 Å². The van der Waals surface area contributed by atoms with E-state index in [-0.39, 0.29) is 18.4 Å². The highest BCUT2D eigenvalue weighted by molar-refractivity contribution is 5.85. The summed E-state index contributed by atoms with van der Waals surface area (Å²) in [4.78, 5) is 0. The van der Waals surface area contributed by atoms with Crippen molar-refractivity contribution >= 4 is 12.4 Å². The number of rotatable bonds is 1. The van der Waals surface area contributed by atoms with Crippen molar-refractivity contribution in [3.63, 3.8) is 0 Å². The molecular formula is C12H15ClF3N. The minimum Gasteiger partial charge on any atom is -0.310 e. The molecule has 0 bridgehead atoms. The van der Waals surface area contributed by atoms with Gasteiger partial charge in [0.1, 0.15) is 0 Å². The summed E-state index contributed by atoms with van der Waals surface area (Å²) in [7, 11) is 0. The highest BCUT2D eigenvalue weighted by Gasteiger charge is 2.34. The number of halogens is 4. The Kier molecular flexibility index (Phi) is 4.83. The summed E-state index contributed by atoms with van der Waals surface area (Å²) in [6, 6.07) is 5.69. The molecule has 17 heavy (non-hydrogen) atoms. The van der Waals surface area contributed by atoms with Crippen molar-refractivity contribution in [2.24, 2.45) is 0 Å². The van der Waals surface area contributed by atoms with Crippen LogP contribution in [0.2, 0.25) is 0 Å². The van der Waals surface area contributed by atoms with Crippen LogP contribution in [-0.2, 0) is 6.18 Å². The summed E-state index contributed by atoms with van der Waals surface area (Å²) in [6.07, 6.45) is -1.43. The summed E-state index contributed by atoms with van der Waals surface area (Å²) in [5.74, 6) is 0. The Bertz CT molecular complexity index is 359. The molecule has 1 atom stereocenters. The van der Waals surface area contributed by atoms with Gasteiger partial charge in [-0.2, -0.15) is 13.2 Å². The third kappa shape index (κ3) is 3.36. The Hall–Kier alpha value is -0.740. The fraction of sp³-hybridized carbons (Fsp3) is 0.500. The van der Waals surface area contributed by atoms with Crippen molar-refractivity contribution in [2.75, 3.05) is 6.54 Å². The van der Waals surface area contributed by atoms with E-state index in [0.29, 0.717) is 5.56 Å². The third-order valence-corrected chi connectivity index (χ3v) is 2.95. The maximum Gasteiger partial charge on any atom is 0.416 e. The molecule has 0 saturated carbocycles. The minimum atomic E-state index is -4.25. The molecule has 0 aliphatic carbocycles. The topological polar surface area (TPSA) is 12.0 Å². The van der Waals surface area contributed by atoms with E-state index < -0.39 is 11.7 Å². The molecule has 5 heteroatoms. The van der Waals surface area contributed by atoms with Gasteiger partial charge in [-0.1, -0.05) is 24.6 Å². The first kappa shape index (κ1) is 14.3. The summed E-state index contributed by atoms with van der Waals surface area (Å²) < 4.78 is 38.3. The van der Waals surface area contributed by atoms with Crippen molar-refractivity contribution in [3.8, 4) is 0 Å². The number of benzene rings is 1. The average Bonchev–Trinajstić information content (AvgIpc) is 2.29.